The van der Waals surface area contributed by atoms with Crippen molar-refractivity contribution in [3.05, 3.63) is 50.9 Å². The summed E-state index contributed by atoms with van der Waals surface area (Å²) in [6.45, 7) is 1.20. The van der Waals surface area contributed by atoms with Crippen molar-refractivity contribution in [2.45, 2.75) is 6.92 Å². The largest absolute Gasteiger partial charge is 0.320 e. The highest BCUT2D eigenvalue weighted by Crippen LogP contribution is 2.22. The molecule has 7 heteroatoms. The molecule has 0 unspecified atom stereocenters. The predicted octanol–water partition coefficient (Wildman–Crippen LogP) is 1.48. The number of hydrogen-bond acceptors (Lipinski definition) is 4. The maximum atomic E-state index is 11.9. The van der Waals surface area contributed by atoms with Crippen LogP contribution in [0.4, 0.5) is 0 Å². The molecule has 2 amide bonds. The second kappa shape index (κ2) is 5.79. The van der Waals surface area contributed by atoms with E-state index in [1.165, 1.54) is 13.0 Å². The summed E-state index contributed by atoms with van der Waals surface area (Å²) in [5.74, 6) is -1.25. The Kier molecular flexibility index (Phi) is 4.09. The number of halogens is 1. The van der Waals surface area contributed by atoms with Gasteiger partial charge in [-0.3, -0.25) is 24.7 Å². The van der Waals surface area contributed by atoms with Crippen LogP contribution in [0.3, 0.4) is 0 Å². The van der Waals surface area contributed by atoms with Gasteiger partial charge in [0.25, 0.3) is 11.5 Å². The number of carbonyl (C=O) groups is 2. The summed E-state index contributed by atoms with van der Waals surface area (Å²) in [7, 11) is 0. The van der Waals surface area contributed by atoms with Crippen LogP contribution >= 0.6 is 15.9 Å². The Balaban J connectivity index is 2.41. The van der Waals surface area contributed by atoms with Crippen molar-refractivity contribution in [3.63, 3.8) is 0 Å². The van der Waals surface area contributed by atoms with E-state index in [4.69, 9.17) is 0 Å². The van der Waals surface area contributed by atoms with Crippen molar-refractivity contribution in [1.82, 2.24) is 15.3 Å². The Morgan fingerprint density at radius 1 is 1.30 bits per heavy atom. The summed E-state index contributed by atoms with van der Waals surface area (Å²) in [4.78, 5) is 41.0. The number of amides is 2. The summed E-state index contributed by atoms with van der Waals surface area (Å²) in [5.41, 5.74) is 0.319. The molecule has 0 aromatic carbocycles. The summed E-state index contributed by atoms with van der Waals surface area (Å²) < 4.78 is 0.719. The SMILES string of the molecule is CC(=O)NC(=O)c1ccc(-c2ncccc2Br)[nH]c1=O. The number of carbonyl (C=O) groups excluding carboxylic acids is 2. The van der Waals surface area contributed by atoms with Crippen molar-refractivity contribution in [2.75, 3.05) is 0 Å². The van der Waals surface area contributed by atoms with Crippen molar-refractivity contribution in [3.8, 4) is 11.4 Å². The fourth-order valence-corrected chi connectivity index (χ4v) is 2.07. The second-order valence-electron chi connectivity index (χ2n) is 3.96. The van der Waals surface area contributed by atoms with E-state index in [1.54, 1.807) is 24.4 Å². The molecule has 2 rings (SSSR count). The molecule has 2 aromatic rings. The second-order valence-corrected chi connectivity index (χ2v) is 4.81. The molecule has 0 spiro atoms. The lowest BCUT2D eigenvalue weighted by Crippen LogP contribution is -2.32. The van der Waals surface area contributed by atoms with E-state index in [2.05, 4.69) is 25.9 Å². The first-order valence-corrected chi connectivity index (χ1v) is 6.44. The third-order valence-electron chi connectivity index (χ3n) is 2.46. The number of nitrogens with zero attached hydrogens (tertiary/aromatic N) is 1. The standard InChI is InChI=1S/C13H10BrN3O3/c1-7(18)16-12(19)8-4-5-10(17-13(8)20)11-9(14)3-2-6-15-11/h2-6H,1H3,(H,17,20)(H,16,18,19). The van der Waals surface area contributed by atoms with Gasteiger partial charge in [0, 0.05) is 17.6 Å². The molecule has 0 aliphatic carbocycles. The van der Waals surface area contributed by atoms with Crippen LogP contribution in [0, 0.1) is 0 Å². The van der Waals surface area contributed by atoms with E-state index in [0.717, 1.165) is 4.47 Å². The van der Waals surface area contributed by atoms with Gasteiger partial charge in [-0.15, -0.1) is 0 Å². The van der Waals surface area contributed by atoms with Crippen LogP contribution < -0.4 is 10.9 Å². The lowest BCUT2D eigenvalue weighted by Gasteiger charge is -2.05. The van der Waals surface area contributed by atoms with Crippen LogP contribution in [0.2, 0.25) is 0 Å². The first-order valence-electron chi connectivity index (χ1n) is 5.65. The Morgan fingerprint density at radius 3 is 2.65 bits per heavy atom. The van der Waals surface area contributed by atoms with Crippen LogP contribution in [0.25, 0.3) is 11.4 Å². The van der Waals surface area contributed by atoms with Crippen molar-refractivity contribution in [1.29, 1.82) is 0 Å². The minimum Gasteiger partial charge on any atom is -0.320 e. The van der Waals surface area contributed by atoms with E-state index < -0.39 is 17.4 Å². The zero-order chi connectivity index (χ0) is 14.7. The summed E-state index contributed by atoms with van der Waals surface area (Å²) in [6.07, 6.45) is 1.59. The van der Waals surface area contributed by atoms with Crippen molar-refractivity contribution >= 4 is 27.7 Å². The van der Waals surface area contributed by atoms with Gasteiger partial charge in [0.15, 0.2) is 0 Å². The average Bonchev–Trinajstić information content (AvgIpc) is 2.38. The number of imide groups is 1. The highest BCUT2D eigenvalue weighted by molar-refractivity contribution is 9.10. The number of H-pyrrole nitrogens is 1. The van der Waals surface area contributed by atoms with Gasteiger partial charge >= 0.3 is 0 Å². The quantitative estimate of drug-likeness (QED) is 0.869. The van der Waals surface area contributed by atoms with E-state index in [-0.39, 0.29) is 5.56 Å². The van der Waals surface area contributed by atoms with E-state index >= 15 is 0 Å². The molecule has 20 heavy (non-hydrogen) atoms. The van der Waals surface area contributed by atoms with E-state index in [1.807, 2.05) is 5.32 Å². The minimum absolute atomic E-state index is 0.129. The number of hydrogen-bond donors (Lipinski definition) is 2. The zero-order valence-corrected chi connectivity index (χ0v) is 12.0. The molecule has 0 radical (unpaired) electrons. The Hall–Kier alpha value is -2.28. The zero-order valence-electron chi connectivity index (χ0n) is 10.4. The van der Waals surface area contributed by atoms with Gasteiger partial charge in [-0.25, -0.2) is 0 Å². The lowest BCUT2D eigenvalue weighted by molar-refractivity contribution is -0.118. The molecule has 0 atom stereocenters. The van der Waals surface area contributed by atoms with Gasteiger partial charge in [0.05, 0.1) is 5.69 Å². The average molecular weight is 336 g/mol. The fraction of sp³-hybridized carbons (Fsp3) is 0.0769. The Morgan fingerprint density at radius 2 is 2.05 bits per heavy atom. The summed E-state index contributed by atoms with van der Waals surface area (Å²) in [5, 5.41) is 2.05. The normalized spacial score (nSPS) is 10.1. The predicted molar refractivity (Wildman–Crippen MR) is 76.1 cm³/mol. The Labute approximate surface area is 122 Å². The number of pyridine rings is 2. The minimum atomic E-state index is -0.731. The topological polar surface area (TPSA) is 91.9 Å². The summed E-state index contributed by atoms with van der Waals surface area (Å²) >= 11 is 3.33. The van der Waals surface area contributed by atoms with Crippen LogP contribution in [0.15, 0.2) is 39.7 Å². The highest BCUT2D eigenvalue weighted by atomic mass is 79.9. The molecule has 2 N–H and O–H groups in total. The van der Waals surface area contributed by atoms with Gasteiger partial charge in [-0.05, 0) is 40.2 Å². The maximum Gasteiger partial charge on any atom is 0.263 e. The summed E-state index contributed by atoms with van der Waals surface area (Å²) in [6, 6.07) is 6.45. The van der Waals surface area contributed by atoms with Crippen molar-refractivity contribution in [2.24, 2.45) is 0 Å². The molecule has 2 aromatic heterocycles. The number of aromatic nitrogens is 2. The maximum absolute atomic E-state index is 11.9. The van der Waals surface area contributed by atoms with Crippen molar-refractivity contribution < 1.29 is 9.59 Å². The molecular weight excluding hydrogens is 326 g/mol. The first kappa shape index (κ1) is 14.1. The van der Waals surface area contributed by atoms with Gasteiger partial charge in [-0.1, -0.05) is 0 Å². The van der Waals surface area contributed by atoms with Gasteiger partial charge in [0.1, 0.15) is 11.3 Å². The van der Waals surface area contributed by atoms with Gasteiger partial charge in [0.2, 0.25) is 5.91 Å². The fourth-order valence-electron chi connectivity index (χ4n) is 1.60. The third kappa shape index (κ3) is 3.00. The smallest absolute Gasteiger partial charge is 0.263 e. The van der Waals surface area contributed by atoms with Gasteiger partial charge < -0.3 is 4.98 Å². The van der Waals surface area contributed by atoms with E-state index in [9.17, 15) is 14.4 Å². The molecule has 0 aliphatic heterocycles. The highest BCUT2D eigenvalue weighted by Gasteiger charge is 2.13. The number of rotatable bonds is 2. The lowest BCUT2D eigenvalue weighted by atomic mass is 10.2. The molecule has 0 saturated heterocycles. The molecule has 0 saturated carbocycles. The number of aromatic amines is 1. The Bertz CT molecular complexity index is 740. The third-order valence-corrected chi connectivity index (χ3v) is 3.10. The molecule has 0 bridgehead atoms. The molecule has 2 heterocycles. The molecule has 102 valence electrons. The van der Waals surface area contributed by atoms with Crippen LogP contribution in [0.1, 0.15) is 17.3 Å². The van der Waals surface area contributed by atoms with E-state index in [0.29, 0.717) is 11.4 Å². The van der Waals surface area contributed by atoms with Gasteiger partial charge in [-0.2, -0.15) is 0 Å². The van der Waals surface area contributed by atoms with Crippen LogP contribution in [-0.2, 0) is 4.79 Å². The monoisotopic (exact) mass is 335 g/mol. The molecule has 0 aliphatic rings. The molecule has 6 nitrogen and oxygen atoms in total. The molecule has 0 fully saturated rings. The first-order chi connectivity index (χ1) is 9.49. The number of nitrogens with one attached hydrogen (secondary N) is 2. The molecular formula is C13H10BrN3O3. The van der Waals surface area contributed by atoms with Crippen LogP contribution in [-0.4, -0.2) is 21.8 Å². The van der Waals surface area contributed by atoms with Crippen LogP contribution in [0.5, 0.6) is 0 Å².